The van der Waals surface area contributed by atoms with E-state index in [1.807, 2.05) is 0 Å². The molecule has 6 rings (SSSR count). The van der Waals surface area contributed by atoms with Gasteiger partial charge in [-0.3, -0.25) is 0 Å². The molecule has 4 bridgehead atoms. The molecule has 4 aliphatic carbocycles. The maximum absolute atomic E-state index is 12.7. The van der Waals surface area contributed by atoms with Crippen LogP contribution in [0.5, 0.6) is 5.88 Å². The first-order chi connectivity index (χ1) is 14.2. The van der Waals surface area contributed by atoms with Crippen LogP contribution in [0.2, 0.25) is 0 Å². The number of carbonyl (C=O) groups is 1. The van der Waals surface area contributed by atoms with Gasteiger partial charge in [0.25, 0.3) is 0 Å². The summed E-state index contributed by atoms with van der Waals surface area (Å²) in [6.45, 7) is 0.787. The van der Waals surface area contributed by atoms with Gasteiger partial charge in [0.05, 0.1) is 17.7 Å². The molecule has 0 aromatic carbocycles. The van der Waals surface area contributed by atoms with Gasteiger partial charge in [-0.2, -0.15) is 13.2 Å². The molecule has 1 aliphatic heterocycles. The Morgan fingerprint density at radius 1 is 1.20 bits per heavy atom. The topological polar surface area (TPSA) is 71.9 Å². The number of pyridine rings is 1. The lowest BCUT2D eigenvalue weighted by atomic mass is 9.53. The van der Waals surface area contributed by atoms with Crippen LogP contribution < -0.4 is 4.74 Å². The van der Waals surface area contributed by atoms with E-state index in [-0.39, 0.29) is 36.0 Å². The van der Waals surface area contributed by atoms with E-state index in [2.05, 4.69) is 4.98 Å². The van der Waals surface area contributed by atoms with Gasteiger partial charge in [-0.05, 0) is 55.9 Å². The van der Waals surface area contributed by atoms with Gasteiger partial charge in [0, 0.05) is 25.2 Å². The number of hydrogen-bond acceptors (Lipinski definition) is 5. The maximum atomic E-state index is 12.7. The fraction of sp³-hybridized carbons (Fsp3) is 0.714. The van der Waals surface area contributed by atoms with Crippen molar-refractivity contribution in [1.82, 2.24) is 9.88 Å². The van der Waals surface area contributed by atoms with E-state index in [9.17, 15) is 23.1 Å². The van der Waals surface area contributed by atoms with Crippen molar-refractivity contribution in [3.05, 3.63) is 23.9 Å². The standard InChI is InChI=1S/C21H25F3N2O4/c22-21(23,24)15-1-2-17(25-10-15)29-16-3-4-26(11-16)19(27)30-18-13-5-12-6-14(18)9-20(28,7-12)8-13/h1-2,10,12-14,16,18,28H,3-9,11H2. The molecule has 5 fully saturated rings. The average Bonchev–Trinajstić information content (AvgIpc) is 3.11. The van der Waals surface area contributed by atoms with Gasteiger partial charge >= 0.3 is 12.3 Å². The first-order valence-electron chi connectivity index (χ1n) is 10.6. The molecule has 9 heteroatoms. The summed E-state index contributed by atoms with van der Waals surface area (Å²) in [7, 11) is 0. The zero-order chi connectivity index (χ0) is 21.1. The molecule has 3 atom stereocenters. The number of aliphatic hydroxyl groups is 1. The molecule has 6 nitrogen and oxygen atoms in total. The SMILES string of the molecule is O=C(OC1C2CC3CC1CC(O)(C3)C2)N1CCC(Oc2ccc(C(F)(F)F)cn2)C1. The van der Waals surface area contributed by atoms with Crippen LogP contribution in [-0.4, -0.2) is 52.0 Å². The largest absolute Gasteiger partial charge is 0.472 e. The number of ether oxygens (including phenoxy) is 2. The predicted molar refractivity (Wildman–Crippen MR) is 98.6 cm³/mol. The van der Waals surface area contributed by atoms with Crippen molar-refractivity contribution in [2.24, 2.45) is 17.8 Å². The summed E-state index contributed by atoms with van der Waals surface area (Å²) in [5, 5.41) is 10.7. The molecule has 0 radical (unpaired) electrons. The minimum atomic E-state index is -4.44. The van der Waals surface area contributed by atoms with Gasteiger partial charge in [-0.25, -0.2) is 9.78 Å². The Hall–Kier alpha value is -2.03. The molecule has 1 N–H and O–H groups in total. The summed E-state index contributed by atoms with van der Waals surface area (Å²) in [5.41, 5.74) is -1.40. The Morgan fingerprint density at radius 3 is 2.53 bits per heavy atom. The molecule has 30 heavy (non-hydrogen) atoms. The second kappa shape index (κ2) is 7.00. The Kier molecular flexibility index (Phi) is 4.65. The molecule has 4 saturated carbocycles. The van der Waals surface area contributed by atoms with E-state index in [4.69, 9.17) is 9.47 Å². The number of likely N-dealkylation sites (tertiary alicyclic amines) is 1. The van der Waals surface area contributed by atoms with Crippen LogP contribution in [-0.2, 0) is 10.9 Å². The van der Waals surface area contributed by atoms with Crippen molar-refractivity contribution in [1.29, 1.82) is 0 Å². The molecular weight excluding hydrogens is 401 g/mol. The quantitative estimate of drug-likeness (QED) is 0.799. The second-order valence-corrected chi connectivity index (χ2v) is 9.40. The van der Waals surface area contributed by atoms with Crippen LogP contribution in [0.3, 0.4) is 0 Å². The molecule has 5 aliphatic rings. The number of amides is 1. The van der Waals surface area contributed by atoms with Crippen LogP contribution in [0.1, 0.15) is 44.1 Å². The summed E-state index contributed by atoms with van der Waals surface area (Å²) in [6.07, 6.45) is 0.374. The maximum Gasteiger partial charge on any atom is 0.417 e. The van der Waals surface area contributed by atoms with E-state index in [1.165, 1.54) is 6.07 Å². The van der Waals surface area contributed by atoms with Gasteiger partial charge < -0.3 is 19.5 Å². The van der Waals surface area contributed by atoms with Gasteiger partial charge in [0.1, 0.15) is 12.2 Å². The van der Waals surface area contributed by atoms with Gasteiger partial charge in [0.2, 0.25) is 5.88 Å². The van der Waals surface area contributed by atoms with Crippen molar-refractivity contribution in [2.45, 2.75) is 62.5 Å². The highest BCUT2D eigenvalue weighted by Gasteiger charge is 2.56. The number of alkyl halides is 3. The lowest BCUT2D eigenvalue weighted by Crippen LogP contribution is -2.58. The lowest BCUT2D eigenvalue weighted by molar-refractivity contribution is -0.177. The molecule has 1 amide bonds. The number of nitrogens with zero attached hydrogens (tertiary/aromatic N) is 2. The van der Waals surface area contributed by atoms with E-state index in [1.54, 1.807) is 4.90 Å². The highest BCUT2D eigenvalue weighted by atomic mass is 19.4. The van der Waals surface area contributed by atoms with E-state index < -0.39 is 17.3 Å². The van der Waals surface area contributed by atoms with Gasteiger partial charge in [0.15, 0.2) is 0 Å². The zero-order valence-corrected chi connectivity index (χ0v) is 16.5. The Morgan fingerprint density at radius 2 is 1.93 bits per heavy atom. The van der Waals surface area contributed by atoms with E-state index in [0.717, 1.165) is 31.5 Å². The third-order valence-corrected chi connectivity index (χ3v) is 7.15. The second-order valence-electron chi connectivity index (χ2n) is 9.40. The monoisotopic (exact) mass is 426 g/mol. The van der Waals surface area contributed by atoms with Crippen molar-refractivity contribution in [3.63, 3.8) is 0 Å². The zero-order valence-electron chi connectivity index (χ0n) is 16.5. The molecule has 1 aromatic heterocycles. The highest BCUT2D eigenvalue weighted by Crippen LogP contribution is 2.56. The summed E-state index contributed by atoms with van der Waals surface area (Å²) in [4.78, 5) is 18.0. The minimum absolute atomic E-state index is 0.109. The van der Waals surface area contributed by atoms with Crippen LogP contribution in [0.25, 0.3) is 0 Å². The third-order valence-electron chi connectivity index (χ3n) is 7.15. The fourth-order valence-corrected chi connectivity index (χ4v) is 6.10. The summed E-state index contributed by atoms with van der Waals surface area (Å²) in [6, 6.07) is 2.13. The van der Waals surface area contributed by atoms with Crippen LogP contribution >= 0.6 is 0 Å². The third kappa shape index (κ3) is 3.72. The number of halogens is 3. The number of aromatic nitrogens is 1. The van der Waals surface area contributed by atoms with Crippen molar-refractivity contribution >= 4 is 6.09 Å². The Bertz CT molecular complexity index is 799. The predicted octanol–water partition coefficient (Wildman–Crippen LogP) is 3.63. The van der Waals surface area contributed by atoms with Crippen molar-refractivity contribution in [3.8, 4) is 5.88 Å². The van der Waals surface area contributed by atoms with Gasteiger partial charge in [-0.15, -0.1) is 0 Å². The lowest BCUT2D eigenvalue weighted by Gasteiger charge is -2.57. The molecule has 1 aromatic rings. The number of rotatable bonds is 3. The fourth-order valence-electron chi connectivity index (χ4n) is 6.10. The van der Waals surface area contributed by atoms with Crippen molar-refractivity contribution < 1.29 is 32.5 Å². The highest BCUT2D eigenvalue weighted by molar-refractivity contribution is 5.68. The molecule has 3 unspecified atom stereocenters. The number of carbonyl (C=O) groups excluding carboxylic acids is 1. The summed E-state index contributed by atoms with van der Waals surface area (Å²) in [5.74, 6) is 1.12. The van der Waals surface area contributed by atoms with Crippen LogP contribution in [0.4, 0.5) is 18.0 Å². The van der Waals surface area contributed by atoms with E-state index in [0.29, 0.717) is 38.3 Å². The number of hydrogen-bond donors (Lipinski definition) is 1. The molecule has 164 valence electrons. The summed E-state index contributed by atoms with van der Waals surface area (Å²) >= 11 is 0. The minimum Gasteiger partial charge on any atom is -0.472 e. The summed E-state index contributed by atoms with van der Waals surface area (Å²) < 4.78 is 49.4. The van der Waals surface area contributed by atoms with Crippen LogP contribution in [0.15, 0.2) is 18.3 Å². The molecule has 2 heterocycles. The Balaban J connectivity index is 1.15. The van der Waals surface area contributed by atoms with Crippen molar-refractivity contribution in [2.75, 3.05) is 13.1 Å². The molecule has 0 spiro atoms. The Labute approximate surface area is 172 Å². The molecular formula is C21H25F3N2O4. The van der Waals surface area contributed by atoms with Gasteiger partial charge in [-0.1, -0.05) is 0 Å². The first-order valence-corrected chi connectivity index (χ1v) is 10.6. The first kappa shape index (κ1) is 19.9. The van der Waals surface area contributed by atoms with E-state index >= 15 is 0 Å². The molecule has 1 saturated heterocycles. The van der Waals surface area contributed by atoms with Crippen LogP contribution in [0, 0.1) is 17.8 Å². The average molecular weight is 426 g/mol. The smallest absolute Gasteiger partial charge is 0.417 e. The normalized spacial score (nSPS) is 37.5.